The fourth-order valence-corrected chi connectivity index (χ4v) is 5.37. The third-order valence-electron chi connectivity index (χ3n) is 4.91. The van der Waals surface area contributed by atoms with E-state index in [0.29, 0.717) is 22.6 Å². The summed E-state index contributed by atoms with van der Waals surface area (Å²) in [6, 6.07) is 18.9. The van der Waals surface area contributed by atoms with Crippen molar-refractivity contribution in [1.82, 2.24) is 0 Å². The number of benzene rings is 3. The number of hydrogen-bond acceptors (Lipinski definition) is 5. The van der Waals surface area contributed by atoms with Gasteiger partial charge in [0.1, 0.15) is 5.75 Å². The molecule has 0 aliphatic heterocycles. The van der Waals surface area contributed by atoms with E-state index >= 15 is 0 Å². The Bertz CT molecular complexity index is 1220. The zero-order chi connectivity index (χ0) is 23.3. The summed E-state index contributed by atoms with van der Waals surface area (Å²) in [7, 11) is -2.46. The van der Waals surface area contributed by atoms with Crippen molar-refractivity contribution in [3.63, 3.8) is 0 Å². The Morgan fingerprint density at radius 1 is 0.969 bits per heavy atom. The molecule has 6 nitrogen and oxygen atoms in total. The van der Waals surface area contributed by atoms with Gasteiger partial charge < -0.3 is 10.1 Å². The number of anilines is 1. The number of rotatable bonds is 8. The molecule has 0 saturated carbocycles. The van der Waals surface area contributed by atoms with Crippen LogP contribution in [0.1, 0.15) is 34.5 Å². The normalized spacial score (nSPS) is 12.1. The molecule has 0 bridgehead atoms. The van der Waals surface area contributed by atoms with Crippen molar-refractivity contribution in [1.29, 1.82) is 0 Å². The number of carbonyl (C=O) groups excluding carboxylic acids is 2. The van der Waals surface area contributed by atoms with Crippen LogP contribution in [0.4, 0.5) is 5.69 Å². The summed E-state index contributed by atoms with van der Waals surface area (Å²) in [5.41, 5.74) is 1.20. The quantitative estimate of drug-likeness (QED) is 0.462. The molecule has 3 aromatic carbocycles. The Labute approximate surface area is 192 Å². The summed E-state index contributed by atoms with van der Waals surface area (Å²) in [4.78, 5) is 24.3. The molecule has 32 heavy (non-hydrogen) atoms. The predicted molar refractivity (Wildman–Crippen MR) is 124 cm³/mol. The van der Waals surface area contributed by atoms with Crippen LogP contribution in [0.3, 0.4) is 0 Å². The zero-order valence-corrected chi connectivity index (χ0v) is 19.1. The van der Waals surface area contributed by atoms with Crippen LogP contribution in [0.2, 0.25) is 5.02 Å². The number of Topliss-reactive ketones (excluding diaryl/α,β-unsaturated/α-hetero) is 1. The Morgan fingerprint density at radius 2 is 1.59 bits per heavy atom. The molecule has 3 aromatic rings. The second-order valence-corrected chi connectivity index (χ2v) is 9.65. The molecule has 1 N–H and O–H groups in total. The number of ether oxygens (including phenoxy) is 1. The molecule has 3 rings (SSSR count). The van der Waals surface area contributed by atoms with Crippen molar-refractivity contribution < 1.29 is 22.7 Å². The number of hydrogen-bond donors (Lipinski definition) is 1. The van der Waals surface area contributed by atoms with E-state index in [9.17, 15) is 18.0 Å². The summed E-state index contributed by atoms with van der Waals surface area (Å²) in [5, 5.41) is 1.68. The smallest absolute Gasteiger partial charge is 0.221 e. The molecule has 0 aromatic heterocycles. The molecule has 0 heterocycles. The van der Waals surface area contributed by atoms with E-state index in [1.807, 2.05) is 0 Å². The van der Waals surface area contributed by atoms with Crippen molar-refractivity contribution in [2.45, 2.75) is 23.5 Å². The molecule has 0 fully saturated rings. The fraction of sp³-hybridized carbons (Fsp3) is 0.167. The van der Waals surface area contributed by atoms with Crippen LogP contribution >= 0.6 is 11.6 Å². The van der Waals surface area contributed by atoms with Crippen LogP contribution in [-0.4, -0.2) is 27.2 Å². The summed E-state index contributed by atoms with van der Waals surface area (Å²) in [6.45, 7) is 1.36. The highest BCUT2D eigenvalue weighted by Crippen LogP contribution is 2.37. The van der Waals surface area contributed by atoms with Crippen LogP contribution in [0.25, 0.3) is 0 Å². The van der Waals surface area contributed by atoms with Crippen molar-refractivity contribution in [2.75, 3.05) is 12.4 Å². The number of nitrogens with one attached hydrogen (secondary N) is 1. The van der Waals surface area contributed by atoms with Crippen molar-refractivity contribution in [3.8, 4) is 5.75 Å². The van der Waals surface area contributed by atoms with Crippen LogP contribution < -0.4 is 10.1 Å². The minimum atomic E-state index is -3.98. The minimum Gasteiger partial charge on any atom is -0.497 e. The van der Waals surface area contributed by atoms with Gasteiger partial charge in [0.05, 0.1) is 17.3 Å². The van der Waals surface area contributed by atoms with Crippen molar-refractivity contribution in [3.05, 3.63) is 88.9 Å². The first-order valence-electron chi connectivity index (χ1n) is 9.75. The average molecular weight is 472 g/mol. The van der Waals surface area contributed by atoms with E-state index in [0.717, 1.165) is 0 Å². The number of carbonyl (C=O) groups is 2. The summed E-state index contributed by atoms with van der Waals surface area (Å²) in [6.07, 6.45) is -0.286. The summed E-state index contributed by atoms with van der Waals surface area (Å²) in [5.74, 6) is -0.00765. The van der Waals surface area contributed by atoms with Crippen LogP contribution in [0.15, 0.2) is 77.7 Å². The lowest BCUT2D eigenvalue weighted by atomic mass is 10.0. The van der Waals surface area contributed by atoms with Crippen LogP contribution in [-0.2, 0) is 14.6 Å². The Morgan fingerprint density at radius 3 is 2.16 bits per heavy atom. The van der Waals surface area contributed by atoms with Gasteiger partial charge in [-0.2, -0.15) is 0 Å². The first-order valence-corrected chi connectivity index (χ1v) is 11.7. The SMILES string of the molecule is COc1ccc(C(=O)C[C@@H](c2ccccc2Cl)S(=O)(=O)c2ccc(NC(C)=O)cc2)cc1. The van der Waals surface area contributed by atoms with E-state index in [1.54, 1.807) is 48.5 Å². The van der Waals surface area contributed by atoms with Gasteiger partial charge in [-0.1, -0.05) is 29.8 Å². The molecule has 0 aliphatic rings. The molecule has 0 saturated heterocycles. The van der Waals surface area contributed by atoms with Gasteiger partial charge in [0, 0.05) is 29.6 Å². The highest BCUT2D eigenvalue weighted by molar-refractivity contribution is 7.91. The van der Waals surface area contributed by atoms with E-state index in [1.165, 1.54) is 38.3 Å². The van der Waals surface area contributed by atoms with Crippen molar-refractivity contribution >= 4 is 38.8 Å². The third-order valence-corrected chi connectivity index (χ3v) is 7.36. The lowest BCUT2D eigenvalue weighted by Crippen LogP contribution is -2.18. The van der Waals surface area contributed by atoms with Gasteiger partial charge in [0.25, 0.3) is 0 Å². The van der Waals surface area contributed by atoms with Crippen LogP contribution in [0, 0.1) is 0 Å². The number of amides is 1. The molecular weight excluding hydrogens is 450 g/mol. The maximum atomic E-state index is 13.6. The molecule has 8 heteroatoms. The Kier molecular flexibility index (Phi) is 7.33. The first kappa shape index (κ1) is 23.5. The fourth-order valence-electron chi connectivity index (χ4n) is 3.28. The minimum absolute atomic E-state index is 0.0269. The van der Waals surface area contributed by atoms with E-state index in [2.05, 4.69) is 5.32 Å². The Hall–Kier alpha value is -3.16. The standard InChI is InChI=1S/C24H22ClNO5S/c1-16(27)26-18-9-13-20(14-10-18)32(29,30)24(21-5-3-4-6-22(21)25)15-23(28)17-7-11-19(31-2)12-8-17/h3-14,24H,15H2,1-2H3,(H,26,27)/t24-/m0/s1. The predicted octanol–water partition coefficient (Wildman–Crippen LogP) is 5.10. The highest BCUT2D eigenvalue weighted by atomic mass is 35.5. The molecular formula is C24H22ClNO5S. The highest BCUT2D eigenvalue weighted by Gasteiger charge is 2.33. The molecule has 0 aliphatic carbocycles. The Balaban J connectivity index is 1.99. The van der Waals surface area contributed by atoms with Gasteiger partial charge in [-0.15, -0.1) is 0 Å². The van der Waals surface area contributed by atoms with E-state index in [-0.39, 0.29) is 28.0 Å². The summed E-state index contributed by atoms with van der Waals surface area (Å²) < 4.78 is 32.2. The van der Waals surface area contributed by atoms with Gasteiger partial charge in [-0.25, -0.2) is 8.42 Å². The number of sulfone groups is 1. The second kappa shape index (κ2) is 9.97. The maximum absolute atomic E-state index is 13.6. The number of methoxy groups -OCH3 is 1. The molecule has 0 radical (unpaired) electrons. The van der Waals surface area contributed by atoms with Gasteiger partial charge in [0.2, 0.25) is 5.91 Å². The molecule has 1 atom stereocenters. The van der Waals surface area contributed by atoms with Gasteiger partial charge in [0.15, 0.2) is 15.6 Å². The third kappa shape index (κ3) is 5.36. The zero-order valence-electron chi connectivity index (χ0n) is 17.5. The van der Waals surface area contributed by atoms with E-state index < -0.39 is 15.1 Å². The van der Waals surface area contributed by atoms with Crippen LogP contribution in [0.5, 0.6) is 5.75 Å². The van der Waals surface area contributed by atoms with Gasteiger partial charge in [-0.05, 0) is 60.2 Å². The second-order valence-electron chi connectivity index (χ2n) is 7.12. The maximum Gasteiger partial charge on any atom is 0.221 e. The molecule has 0 spiro atoms. The van der Waals surface area contributed by atoms with Gasteiger partial charge in [-0.3, -0.25) is 9.59 Å². The first-order chi connectivity index (χ1) is 15.2. The van der Waals surface area contributed by atoms with E-state index in [4.69, 9.17) is 16.3 Å². The summed E-state index contributed by atoms with van der Waals surface area (Å²) >= 11 is 6.32. The average Bonchev–Trinajstić information content (AvgIpc) is 2.78. The van der Waals surface area contributed by atoms with Gasteiger partial charge >= 0.3 is 0 Å². The van der Waals surface area contributed by atoms with Crippen molar-refractivity contribution in [2.24, 2.45) is 0 Å². The molecule has 0 unspecified atom stereocenters. The largest absolute Gasteiger partial charge is 0.497 e. The molecule has 1 amide bonds. The monoisotopic (exact) mass is 471 g/mol. The molecule has 166 valence electrons. The topological polar surface area (TPSA) is 89.5 Å². The number of ketones is 1. The lowest BCUT2D eigenvalue weighted by molar-refractivity contribution is -0.114. The number of halogens is 1. The lowest BCUT2D eigenvalue weighted by Gasteiger charge is -2.19.